The molecule has 1 rings (SSSR count). The van der Waals surface area contributed by atoms with Gasteiger partial charge in [0.2, 0.25) is 0 Å². The molecule has 0 saturated heterocycles. The van der Waals surface area contributed by atoms with E-state index in [0.29, 0.717) is 0 Å². The van der Waals surface area contributed by atoms with Gasteiger partial charge < -0.3 is 9.73 Å². The predicted molar refractivity (Wildman–Crippen MR) is 52.7 cm³/mol. The van der Waals surface area contributed by atoms with Crippen LogP contribution in [0.5, 0.6) is 0 Å². The Kier molecular flexibility index (Phi) is 4.54. The molecule has 3 heteroatoms. The van der Waals surface area contributed by atoms with Gasteiger partial charge in [0.25, 0.3) is 0 Å². The van der Waals surface area contributed by atoms with Gasteiger partial charge >= 0.3 is 0 Å². The van der Waals surface area contributed by atoms with Crippen LogP contribution in [0.25, 0.3) is 0 Å². The maximum Gasteiger partial charge on any atom is 0.194 e. The summed E-state index contributed by atoms with van der Waals surface area (Å²) in [5.74, 6) is 1.89. The topological polar surface area (TPSA) is 38.1 Å². The van der Waals surface area contributed by atoms with Crippen LogP contribution in [0.4, 0.5) is 0 Å². The molecule has 13 heavy (non-hydrogen) atoms. The van der Waals surface area contributed by atoms with Crippen LogP contribution < -0.4 is 5.32 Å². The normalized spacial score (nSPS) is 10.6. The summed E-state index contributed by atoms with van der Waals surface area (Å²) in [5, 5.41) is 3.11. The first-order chi connectivity index (χ1) is 6.36. The minimum absolute atomic E-state index is 0.877. The molecular weight excluding hydrogens is 164 g/mol. The third-order valence-corrected chi connectivity index (χ3v) is 1.92. The Hall–Kier alpha value is -0.830. The lowest BCUT2D eigenvalue weighted by molar-refractivity contribution is 0.447. The van der Waals surface area contributed by atoms with Gasteiger partial charge in [0.05, 0.1) is 6.20 Å². The van der Waals surface area contributed by atoms with E-state index >= 15 is 0 Å². The summed E-state index contributed by atoms with van der Waals surface area (Å²) in [6.07, 6.45) is 5.98. The molecule has 74 valence electrons. The molecule has 0 bridgehead atoms. The van der Waals surface area contributed by atoms with E-state index < -0.39 is 0 Å². The summed E-state index contributed by atoms with van der Waals surface area (Å²) >= 11 is 0. The molecule has 3 nitrogen and oxygen atoms in total. The number of nitrogens with one attached hydrogen (secondary N) is 1. The molecule has 0 aliphatic carbocycles. The summed E-state index contributed by atoms with van der Waals surface area (Å²) in [5.41, 5.74) is 0. The average Bonchev–Trinajstić information content (AvgIpc) is 2.54. The van der Waals surface area contributed by atoms with Crippen molar-refractivity contribution in [1.82, 2.24) is 10.3 Å². The Morgan fingerprint density at radius 1 is 1.46 bits per heavy atom. The van der Waals surface area contributed by atoms with Gasteiger partial charge in [-0.15, -0.1) is 0 Å². The summed E-state index contributed by atoms with van der Waals surface area (Å²) in [7, 11) is 1.96. The molecule has 0 radical (unpaired) electrons. The third kappa shape index (κ3) is 3.59. The standard InChI is InChI=1S/C10H18N2O/c1-3-5-10-12-8-9(13-10)6-4-7-11-2/h8,11H,3-7H2,1-2H3. The van der Waals surface area contributed by atoms with Gasteiger partial charge in [-0.3, -0.25) is 0 Å². The molecule has 0 spiro atoms. The lowest BCUT2D eigenvalue weighted by Crippen LogP contribution is -2.08. The Morgan fingerprint density at radius 2 is 2.31 bits per heavy atom. The van der Waals surface area contributed by atoms with Crippen molar-refractivity contribution >= 4 is 0 Å². The van der Waals surface area contributed by atoms with Crippen molar-refractivity contribution in [3.63, 3.8) is 0 Å². The van der Waals surface area contributed by atoms with Crippen LogP contribution in [0, 0.1) is 0 Å². The zero-order valence-electron chi connectivity index (χ0n) is 8.47. The molecule has 0 fully saturated rings. The minimum atomic E-state index is 0.877. The first-order valence-electron chi connectivity index (χ1n) is 4.95. The number of aryl methyl sites for hydroxylation is 2. The maximum absolute atomic E-state index is 5.53. The van der Waals surface area contributed by atoms with E-state index in [0.717, 1.165) is 43.9 Å². The highest BCUT2D eigenvalue weighted by Crippen LogP contribution is 2.07. The van der Waals surface area contributed by atoms with Gasteiger partial charge in [0.1, 0.15) is 5.76 Å². The SMILES string of the molecule is CCCc1ncc(CCCNC)o1. The van der Waals surface area contributed by atoms with Crippen LogP contribution in [0.2, 0.25) is 0 Å². The van der Waals surface area contributed by atoms with Crippen molar-refractivity contribution in [2.75, 3.05) is 13.6 Å². The summed E-state index contributed by atoms with van der Waals surface area (Å²) in [6.45, 7) is 3.16. The fourth-order valence-electron chi connectivity index (χ4n) is 1.23. The molecule has 0 unspecified atom stereocenters. The second-order valence-corrected chi connectivity index (χ2v) is 3.18. The molecule has 1 heterocycles. The highest BCUT2D eigenvalue weighted by Gasteiger charge is 2.01. The van der Waals surface area contributed by atoms with Gasteiger partial charge in [-0.1, -0.05) is 6.92 Å². The second kappa shape index (κ2) is 5.75. The summed E-state index contributed by atoms with van der Waals surface area (Å²) < 4.78 is 5.53. The van der Waals surface area contributed by atoms with Crippen LogP contribution in [0.1, 0.15) is 31.4 Å². The zero-order chi connectivity index (χ0) is 9.52. The van der Waals surface area contributed by atoms with E-state index in [1.165, 1.54) is 0 Å². The highest BCUT2D eigenvalue weighted by atomic mass is 16.4. The van der Waals surface area contributed by atoms with Gasteiger partial charge in [0, 0.05) is 12.8 Å². The Morgan fingerprint density at radius 3 is 3.00 bits per heavy atom. The van der Waals surface area contributed by atoms with Crippen molar-refractivity contribution in [3.8, 4) is 0 Å². The smallest absolute Gasteiger partial charge is 0.194 e. The number of hydrogen-bond acceptors (Lipinski definition) is 3. The number of rotatable bonds is 6. The Labute approximate surface area is 79.5 Å². The molecule has 0 amide bonds. The van der Waals surface area contributed by atoms with Crippen molar-refractivity contribution in [2.24, 2.45) is 0 Å². The van der Waals surface area contributed by atoms with E-state index in [9.17, 15) is 0 Å². The van der Waals surface area contributed by atoms with E-state index in [2.05, 4.69) is 17.2 Å². The zero-order valence-corrected chi connectivity index (χ0v) is 8.47. The van der Waals surface area contributed by atoms with E-state index in [1.807, 2.05) is 13.2 Å². The summed E-state index contributed by atoms with van der Waals surface area (Å²) in [6, 6.07) is 0. The fraction of sp³-hybridized carbons (Fsp3) is 0.700. The van der Waals surface area contributed by atoms with Crippen molar-refractivity contribution < 1.29 is 4.42 Å². The molecule has 0 aliphatic heterocycles. The molecule has 0 aliphatic rings. The van der Waals surface area contributed by atoms with Crippen LogP contribution in [0.15, 0.2) is 10.6 Å². The maximum atomic E-state index is 5.53. The molecule has 1 N–H and O–H groups in total. The summed E-state index contributed by atoms with van der Waals surface area (Å²) in [4.78, 5) is 4.20. The van der Waals surface area contributed by atoms with E-state index in [1.54, 1.807) is 0 Å². The Balaban J connectivity index is 2.31. The van der Waals surface area contributed by atoms with Gasteiger partial charge in [-0.25, -0.2) is 4.98 Å². The molecule has 0 aromatic carbocycles. The van der Waals surface area contributed by atoms with E-state index in [4.69, 9.17) is 4.42 Å². The largest absolute Gasteiger partial charge is 0.446 e. The van der Waals surface area contributed by atoms with Gasteiger partial charge in [-0.05, 0) is 26.4 Å². The molecule has 1 aromatic heterocycles. The van der Waals surface area contributed by atoms with E-state index in [-0.39, 0.29) is 0 Å². The van der Waals surface area contributed by atoms with Crippen molar-refractivity contribution in [3.05, 3.63) is 17.8 Å². The molecular formula is C10H18N2O. The first kappa shape index (κ1) is 10.3. The van der Waals surface area contributed by atoms with Crippen LogP contribution >= 0.6 is 0 Å². The molecule has 0 saturated carbocycles. The Bertz CT molecular complexity index is 233. The van der Waals surface area contributed by atoms with Crippen molar-refractivity contribution in [1.29, 1.82) is 0 Å². The molecule has 0 atom stereocenters. The quantitative estimate of drug-likeness (QED) is 0.681. The second-order valence-electron chi connectivity index (χ2n) is 3.18. The number of nitrogens with zero attached hydrogens (tertiary/aromatic N) is 1. The first-order valence-corrected chi connectivity index (χ1v) is 4.95. The lowest BCUT2D eigenvalue weighted by Gasteiger charge is -1.95. The average molecular weight is 182 g/mol. The number of hydrogen-bond donors (Lipinski definition) is 1. The van der Waals surface area contributed by atoms with Crippen LogP contribution in [-0.4, -0.2) is 18.6 Å². The van der Waals surface area contributed by atoms with Crippen LogP contribution in [-0.2, 0) is 12.8 Å². The lowest BCUT2D eigenvalue weighted by atomic mass is 10.3. The monoisotopic (exact) mass is 182 g/mol. The minimum Gasteiger partial charge on any atom is -0.446 e. The molecule has 1 aromatic rings. The highest BCUT2D eigenvalue weighted by molar-refractivity contribution is 4.94. The fourth-order valence-corrected chi connectivity index (χ4v) is 1.23. The van der Waals surface area contributed by atoms with Gasteiger partial charge in [-0.2, -0.15) is 0 Å². The predicted octanol–water partition coefficient (Wildman–Crippen LogP) is 1.78. The number of aromatic nitrogens is 1. The third-order valence-electron chi connectivity index (χ3n) is 1.92. The number of oxazole rings is 1. The van der Waals surface area contributed by atoms with Crippen molar-refractivity contribution in [2.45, 2.75) is 32.6 Å². The van der Waals surface area contributed by atoms with Crippen LogP contribution in [0.3, 0.4) is 0 Å². The van der Waals surface area contributed by atoms with Gasteiger partial charge in [0.15, 0.2) is 5.89 Å².